The molecule has 0 aliphatic carbocycles. The second kappa shape index (κ2) is 48.3. The van der Waals surface area contributed by atoms with Crippen LogP contribution in [0.3, 0.4) is 0 Å². The number of hydrogen-bond acceptors (Lipinski definition) is 10. The van der Waals surface area contributed by atoms with Crippen molar-refractivity contribution in [3.05, 3.63) is 363 Å². The number of carbonyl (C=O) groups excluding carboxylic acids is 6. The first-order valence-electron chi connectivity index (χ1n) is 44.5. The lowest BCUT2D eigenvalue weighted by molar-refractivity contribution is -0.209. The average Bonchev–Trinajstić information content (AvgIpc) is 0.803. The van der Waals surface area contributed by atoms with Gasteiger partial charge in [-0.1, -0.05) is 232 Å². The van der Waals surface area contributed by atoms with Crippen molar-refractivity contribution in [1.82, 2.24) is 39.4 Å². The van der Waals surface area contributed by atoms with Crippen molar-refractivity contribution in [3.63, 3.8) is 0 Å². The minimum Gasteiger partial charge on any atom is -0.381 e. The molecule has 0 spiro atoms. The Labute approximate surface area is 745 Å². The van der Waals surface area contributed by atoms with Crippen LogP contribution in [-0.4, -0.2) is 189 Å². The number of alkyl halides is 1. The van der Waals surface area contributed by atoms with Crippen molar-refractivity contribution in [3.8, 4) is 0 Å². The highest BCUT2D eigenvalue weighted by molar-refractivity contribution is 5.97. The summed E-state index contributed by atoms with van der Waals surface area (Å²) < 4.78 is 19.8. The first-order chi connectivity index (χ1) is 60.3. The average molecular weight is 1690 g/mol. The number of piperidine rings is 2. The molecule has 0 N–H and O–H groups in total. The number of ether oxygens (including phenoxy) is 1. The number of allylic oxidation sites excluding steroid dienone is 3. The highest BCUT2D eigenvalue weighted by Gasteiger charge is 2.44. The van der Waals surface area contributed by atoms with Crippen LogP contribution in [0, 0.1) is 17.8 Å². The second-order valence-corrected chi connectivity index (χ2v) is 35.2. The summed E-state index contributed by atoms with van der Waals surface area (Å²) in [4.78, 5) is 95.9. The fourth-order valence-corrected chi connectivity index (χ4v) is 17.6. The van der Waals surface area contributed by atoms with Crippen LogP contribution in [0.4, 0.5) is 4.39 Å². The predicted octanol–water partition coefficient (Wildman–Crippen LogP) is 21.2. The zero-order valence-corrected chi connectivity index (χ0v) is 75.2. The molecule has 6 saturated heterocycles. The normalized spacial score (nSPS) is 22.4. The molecular formula is C108H135FN8O8. The molecule has 14 rings (SSSR count). The Morgan fingerprint density at radius 3 is 1.18 bits per heavy atom. The van der Waals surface area contributed by atoms with Gasteiger partial charge in [-0.2, -0.15) is 0 Å². The zero-order valence-electron chi connectivity index (χ0n) is 75.2. The van der Waals surface area contributed by atoms with E-state index in [1.807, 2.05) is 240 Å². The maximum atomic E-state index is 14.4. The third kappa shape index (κ3) is 28.7. The third-order valence-electron chi connectivity index (χ3n) is 25.0. The Morgan fingerprint density at radius 2 is 0.776 bits per heavy atom. The van der Waals surface area contributed by atoms with Crippen LogP contribution in [0.2, 0.25) is 0 Å². The summed E-state index contributed by atoms with van der Waals surface area (Å²) in [5.41, 5.74) is 6.92. The summed E-state index contributed by atoms with van der Waals surface area (Å²) in [6, 6.07) is 76.1. The first-order valence-corrected chi connectivity index (χ1v) is 44.5. The molecule has 8 aromatic carbocycles. The third-order valence-corrected chi connectivity index (χ3v) is 25.0. The van der Waals surface area contributed by atoms with Gasteiger partial charge in [-0.3, -0.25) is 43.4 Å². The SMILES string of the molecule is C=CC[C@@]1(C)CN(C(=O)c2ccc(C)cc2)CCN1Cc1ccccc1.C=CC[C@@]1(C)CN(C(=O)c2ccccc2)CCN1C(=O)c1ccccc1.C=CC[C@@]1(C)CN(C(=O)c2ccccc2)CCN1Cc1ccccc1.C=CC[C@]1(C)CCCOC1.C=CC[C@]1(CC)CCC(=O)N(OCc2ccccc2)C1.C=CC[C@]1(F)CCCN(C(=O)c2ccccc2)C1. The van der Waals surface area contributed by atoms with E-state index in [1.165, 1.54) is 29.5 Å². The molecule has 0 saturated carbocycles. The van der Waals surface area contributed by atoms with E-state index in [0.717, 1.165) is 121 Å². The molecule has 125 heavy (non-hydrogen) atoms. The van der Waals surface area contributed by atoms with E-state index in [0.29, 0.717) is 93.5 Å². The van der Waals surface area contributed by atoms with Gasteiger partial charge < -0.3 is 29.2 Å². The van der Waals surface area contributed by atoms with E-state index in [1.54, 1.807) is 28.2 Å². The number of hydroxylamine groups is 2. The number of amides is 6. The highest BCUT2D eigenvalue weighted by atomic mass is 19.1. The lowest BCUT2D eigenvalue weighted by Gasteiger charge is -2.49. The van der Waals surface area contributed by atoms with Crippen LogP contribution >= 0.6 is 0 Å². The molecule has 6 amide bonds. The molecule has 6 fully saturated rings. The van der Waals surface area contributed by atoms with Crippen LogP contribution in [0.25, 0.3) is 0 Å². The van der Waals surface area contributed by atoms with Crippen molar-refractivity contribution in [1.29, 1.82) is 0 Å². The molecule has 662 valence electrons. The number of hydrogen-bond donors (Lipinski definition) is 0. The summed E-state index contributed by atoms with van der Waals surface area (Å²) >= 11 is 0. The number of benzene rings is 8. The molecule has 6 heterocycles. The summed E-state index contributed by atoms with van der Waals surface area (Å²) in [5, 5.41) is 1.56. The molecule has 6 atom stereocenters. The summed E-state index contributed by atoms with van der Waals surface area (Å²) in [6.45, 7) is 47.7. The number of rotatable bonds is 25. The minimum absolute atomic E-state index is 0.00163. The van der Waals surface area contributed by atoms with Gasteiger partial charge in [0.05, 0.1) is 25.2 Å². The van der Waals surface area contributed by atoms with E-state index < -0.39 is 11.2 Å². The fourth-order valence-electron chi connectivity index (χ4n) is 17.6. The van der Waals surface area contributed by atoms with Crippen LogP contribution < -0.4 is 0 Å². The maximum absolute atomic E-state index is 14.4. The minimum atomic E-state index is -1.30. The first kappa shape index (κ1) is 97.6. The molecule has 8 aromatic rings. The number of halogens is 1. The van der Waals surface area contributed by atoms with Crippen molar-refractivity contribution >= 4 is 35.4 Å². The predicted molar refractivity (Wildman–Crippen MR) is 506 cm³/mol. The van der Waals surface area contributed by atoms with Crippen LogP contribution in [0.15, 0.2) is 313 Å². The van der Waals surface area contributed by atoms with Gasteiger partial charge >= 0.3 is 0 Å². The lowest BCUT2D eigenvalue weighted by Crippen LogP contribution is -2.63. The molecule has 16 nitrogen and oxygen atoms in total. The summed E-state index contributed by atoms with van der Waals surface area (Å²) in [5.74, 6) is 0.264. The van der Waals surface area contributed by atoms with Crippen LogP contribution in [0.5, 0.6) is 0 Å². The van der Waals surface area contributed by atoms with E-state index in [9.17, 15) is 33.2 Å². The smallest absolute Gasteiger partial charge is 0.254 e. The largest absolute Gasteiger partial charge is 0.381 e. The maximum Gasteiger partial charge on any atom is 0.254 e. The quantitative estimate of drug-likeness (QED) is 0.0507. The standard InChI is InChI=1S/C23H28N2O.C22H24N2O2.C22H26N2O.C17H23NO2.C15H18FNO.C9H16O/c1-4-14-23(3)18-24(22(26)21-12-10-19(2)11-13-21)15-16-25(23)17-20-8-6-5-7-9-20;1-3-14-22(2)17-23(20(25)18-10-6-4-7-11-18)15-16-24(22)21(26)19-12-8-5-9-13-19;1-3-14-22(2)18-23(21(25)20-12-8-5-9-13-20)15-16-24(22)17-19-10-6-4-7-11-19;1-3-11-17(4-2)12-10-16(19)18(14-17)20-13-15-8-6-5-7-9-15;1-2-9-15(16)10-6-11-17(12-15)14(18)13-7-4-3-5-8-13;1-3-5-9(2)6-4-7-10-8-9/h4-13H,1,14-18H2,2-3H3;3-13H,1,14-17H2,2H3;3-13H,1,14-18H2,2H3;3,5-9H,1,4,10-14H2,2H3;2-5,7-8H,1,6,9-12H2;3H,1,4-8H2,2H3/t23-;2*22-;17-;15-;9-/m000101/s1. The molecule has 6 aliphatic rings. The Morgan fingerprint density at radius 1 is 0.400 bits per heavy atom. The summed E-state index contributed by atoms with van der Waals surface area (Å²) in [6.07, 6.45) is 22.2. The van der Waals surface area contributed by atoms with Crippen molar-refractivity contribution in [2.45, 2.75) is 167 Å². The van der Waals surface area contributed by atoms with Gasteiger partial charge in [0.1, 0.15) is 12.3 Å². The van der Waals surface area contributed by atoms with Gasteiger partial charge in [-0.25, -0.2) is 9.45 Å². The zero-order chi connectivity index (χ0) is 89.7. The van der Waals surface area contributed by atoms with Gasteiger partial charge in [0.15, 0.2) is 0 Å². The Kier molecular flexibility index (Phi) is 37.7. The number of nitrogens with zero attached hydrogens (tertiary/aromatic N) is 8. The molecular weight excluding hydrogens is 1560 g/mol. The van der Waals surface area contributed by atoms with E-state index in [2.05, 4.69) is 125 Å². The number of carbonyl (C=O) groups is 6. The highest BCUT2D eigenvalue weighted by Crippen LogP contribution is 2.39. The van der Waals surface area contributed by atoms with E-state index in [4.69, 9.17) is 9.57 Å². The lowest BCUT2D eigenvalue weighted by atomic mass is 9.75. The van der Waals surface area contributed by atoms with Gasteiger partial charge in [-0.15, -0.1) is 39.5 Å². The van der Waals surface area contributed by atoms with Crippen LogP contribution in [0.1, 0.15) is 192 Å². The molecule has 17 heteroatoms. The van der Waals surface area contributed by atoms with Gasteiger partial charge in [0, 0.05) is 137 Å². The van der Waals surface area contributed by atoms with Crippen molar-refractivity contribution < 1.29 is 42.7 Å². The fraction of sp³-hybridized carbons (Fsp3) is 0.389. The van der Waals surface area contributed by atoms with Gasteiger partial charge in [-0.05, 0) is 187 Å². The van der Waals surface area contributed by atoms with E-state index in [-0.39, 0.29) is 58.5 Å². The van der Waals surface area contributed by atoms with Crippen molar-refractivity contribution in [2.75, 3.05) is 91.8 Å². The molecule has 6 aliphatic heterocycles. The summed E-state index contributed by atoms with van der Waals surface area (Å²) in [7, 11) is 0. The van der Waals surface area contributed by atoms with Gasteiger partial charge in [0.25, 0.3) is 29.5 Å². The number of likely N-dealkylation sites (tertiary alicyclic amines) is 1. The number of piperazine rings is 3. The molecule has 0 aromatic heterocycles. The molecule has 0 unspecified atom stereocenters. The Bertz CT molecular complexity index is 4730. The van der Waals surface area contributed by atoms with Crippen molar-refractivity contribution in [2.24, 2.45) is 10.8 Å². The topological polar surface area (TPSA) is 147 Å². The molecule has 0 bridgehead atoms. The Balaban J connectivity index is 0.000000173. The molecule has 0 radical (unpaired) electrons. The monoisotopic (exact) mass is 1690 g/mol. The second-order valence-electron chi connectivity index (χ2n) is 35.2. The van der Waals surface area contributed by atoms with E-state index >= 15 is 0 Å². The Hall–Kier alpha value is -11.2. The number of aryl methyl sites for hydroxylation is 1. The van der Waals surface area contributed by atoms with Gasteiger partial charge in [0.2, 0.25) is 5.91 Å². The van der Waals surface area contributed by atoms with Crippen LogP contribution in [-0.2, 0) is 34.1 Å².